The molecular weight excluding hydrogens is 342 g/mol. The number of hydrogen-bond donors (Lipinski definition) is 1. The van der Waals surface area contributed by atoms with Gasteiger partial charge >= 0.3 is 5.69 Å². The van der Waals surface area contributed by atoms with E-state index in [9.17, 15) is 4.79 Å². The summed E-state index contributed by atoms with van der Waals surface area (Å²) in [5, 5.41) is 6.89. The van der Waals surface area contributed by atoms with Crippen LogP contribution in [0.1, 0.15) is 56.3 Å². The number of rotatable bonds is 5. The van der Waals surface area contributed by atoms with Crippen LogP contribution in [0.15, 0.2) is 17.2 Å². The van der Waals surface area contributed by atoms with Gasteiger partial charge in [-0.25, -0.2) is 19.9 Å². The van der Waals surface area contributed by atoms with Gasteiger partial charge in [0.1, 0.15) is 5.82 Å². The molecule has 0 radical (unpaired) electrons. The van der Waals surface area contributed by atoms with Gasteiger partial charge in [-0.15, -0.1) is 0 Å². The molecule has 4 rings (SSSR count). The summed E-state index contributed by atoms with van der Waals surface area (Å²) in [6, 6.07) is 0. The minimum absolute atomic E-state index is 0.105. The third kappa shape index (κ3) is 4.05. The highest BCUT2D eigenvalue weighted by Crippen LogP contribution is 2.26. The molecule has 8 heteroatoms. The summed E-state index contributed by atoms with van der Waals surface area (Å²) in [4.78, 5) is 25.8. The first kappa shape index (κ1) is 18.2. The van der Waals surface area contributed by atoms with Gasteiger partial charge in [-0.1, -0.05) is 0 Å². The molecule has 2 aliphatic heterocycles. The van der Waals surface area contributed by atoms with Crippen molar-refractivity contribution in [2.45, 2.75) is 58.0 Å². The highest BCUT2D eigenvalue weighted by atomic mass is 16.1. The molecule has 1 atom stereocenters. The second-order valence-electron chi connectivity index (χ2n) is 7.64. The maximum absolute atomic E-state index is 11.9. The molecule has 2 aromatic rings. The smallest absolute Gasteiger partial charge is 0.341 e. The molecule has 0 saturated carbocycles. The van der Waals surface area contributed by atoms with Crippen molar-refractivity contribution < 1.29 is 0 Å². The largest absolute Gasteiger partial charge is 0.343 e. The topological polar surface area (TPSA) is 82.9 Å². The van der Waals surface area contributed by atoms with E-state index in [0.29, 0.717) is 12.5 Å². The van der Waals surface area contributed by atoms with Crippen LogP contribution in [-0.4, -0.2) is 55.8 Å². The number of nitrogens with zero attached hydrogens (tertiary/aromatic N) is 6. The second kappa shape index (κ2) is 8.21. The summed E-state index contributed by atoms with van der Waals surface area (Å²) >= 11 is 0. The minimum Gasteiger partial charge on any atom is -0.341 e. The van der Waals surface area contributed by atoms with E-state index in [1.165, 1.54) is 19.3 Å². The van der Waals surface area contributed by atoms with Gasteiger partial charge in [0.2, 0.25) is 5.95 Å². The predicted molar refractivity (Wildman–Crippen MR) is 104 cm³/mol. The molecule has 0 aliphatic carbocycles. The number of likely N-dealkylation sites (tertiary alicyclic amines) is 1. The molecule has 0 unspecified atom stereocenters. The standard InChI is InChI=1S/C19H29N7O/c1-2-26-17(22-23-19(26)27)16-7-6-8-24(14-16)13-15-11-20-18(21-12-15)25-9-4-3-5-10-25/h11-12,16H,2-10,13-14H2,1H3,(H,23,27)/t16-/m1/s1. The Morgan fingerprint density at radius 2 is 1.89 bits per heavy atom. The average molecular weight is 371 g/mol. The quantitative estimate of drug-likeness (QED) is 0.862. The molecular formula is C19H29N7O. The van der Waals surface area contributed by atoms with Crippen molar-refractivity contribution in [3.8, 4) is 0 Å². The predicted octanol–water partition coefficient (Wildman–Crippen LogP) is 1.75. The van der Waals surface area contributed by atoms with Crippen LogP contribution in [0.5, 0.6) is 0 Å². The molecule has 1 N–H and O–H groups in total. The van der Waals surface area contributed by atoms with Crippen LogP contribution in [0.25, 0.3) is 0 Å². The first-order valence-electron chi connectivity index (χ1n) is 10.2. The minimum atomic E-state index is -0.105. The Hall–Kier alpha value is -2.22. The summed E-state index contributed by atoms with van der Waals surface area (Å²) in [6.45, 7) is 7.60. The van der Waals surface area contributed by atoms with Gasteiger partial charge in [-0.3, -0.25) is 9.47 Å². The monoisotopic (exact) mass is 371 g/mol. The fraction of sp³-hybridized carbons (Fsp3) is 0.684. The maximum atomic E-state index is 11.9. The van der Waals surface area contributed by atoms with Crippen molar-refractivity contribution in [2.24, 2.45) is 0 Å². The fourth-order valence-corrected chi connectivity index (χ4v) is 4.30. The summed E-state index contributed by atoms with van der Waals surface area (Å²) in [5.74, 6) is 2.05. The molecule has 2 aromatic heterocycles. The fourth-order valence-electron chi connectivity index (χ4n) is 4.30. The van der Waals surface area contributed by atoms with Gasteiger partial charge in [-0.2, -0.15) is 5.10 Å². The Balaban J connectivity index is 1.39. The Morgan fingerprint density at radius 1 is 1.11 bits per heavy atom. The zero-order valence-corrected chi connectivity index (χ0v) is 16.1. The van der Waals surface area contributed by atoms with Gasteiger partial charge in [0.15, 0.2) is 0 Å². The SMILES string of the molecule is CCn1c([C@@H]2CCCN(Cc3cnc(N4CCCCC4)nc3)C2)n[nH]c1=O. The molecule has 4 heterocycles. The number of anilines is 1. The third-order valence-electron chi connectivity index (χ3n) is 5.71. The van der Waals surface area contributed by atoms with E-state index in [4.69, 9.17) is 0 Å². The third-order valence-corrected chi connectivity index (χ3v) is 5.71. The Labute approximate surface area is 159 Å². The van der Waals surface area contributed by atoms with Crippen molar-refractivity contribution >= 4 is 5.95 Å². The van der Waals surface area contributed by atoms with E-state index in [0.717, 1.165) is 62.9 Å². The van der Waals surface area contributed by atoms with Crippen LogP contribution < -0.4 is 10.6 Å². The second-order valence-corrected chi connectivity index (χ2v) is 7.64. The molecule has 27 heavy (non-hydrogen) atoms. The zero-order valence-electron chi connectivity index (χ0n) is 16.1. The molecule has 2 saturated heterocycles. The van der Waals surface area contributed by atoms with Gasteiger partial charge in [-0.05, 0) is 45.6 Å². The van der Waals surface area contributed by atoms with Crippen LogP contribution in [-0.2, 0) is 13.1 Å². The van der Waals surface area contributed by atoms with Gasteiger partial charge < -0.3 is 4.90 Å². The van der Waals surface area contributed by atoms with Crippen molar-refractivity contribution in [1.29, 1.82) is 0 Å². The molecule has 146 valence electrons. The Bertz CT molecular complexity index is 791. The highest BCUT2D eigenvalue weighted by Gasteiger charge is 2.26. The summed E-state index contributed by atoms with van der Waals surface area (Å²) in [6.07, 6.45) is 9.90. The lowest BCUT2D eigenvalue weighted by Gasteiger charge is -2.32. The Morgan fingerprint density at radius 3 is 2.63 bits per heavy atom. The van der Waals surface area contributed by atoms with Crippen molar-refractivity contribution in [1.82, 2.24) is 29.6 Å². The molecule has 0 spiro atoms. The molecule has 0 amide bonds. The number of H-pyrrole nitrogens is 1. The normalized spacial score (nSPS) is 21.5. The molecule has 0 aromatic carbocycles. The highest BCUT2D eigenvalue weighted by molar-refractivity contribution is 5.30. The number of piperidine rings is 2. The number of aromatic amines is 1. The summed E-state index contributed by atoms with van der Waals surface area (Å²) in [7, 11) is 0. The van der Waals surface area contributed by atoms with Gasteiger partial charge in [0.25, 0.3) is 0 Å². The zero-order chi connectivity index (χ0) is 18.6. The first-order chi connectivity index (χ1) is 13.2. The molecule has 0 bridgehead atoms. The number of nitrogens with one attached hydrogen (secondary N) is 1. The summed E-state index contributed by atoms with van der Waals surface area (Å²) in [5.41, 5.74) is 1.04. The number of hydrogen-bond acceptors (Lipinski definition) is 6. The number of aromatic nitrogens is 5. The molecule has 8 nitrogen and oxygen atoms in total. The lowest BCUT2D eigenvalue weighted by Crippen LogP contribution is -2.35. The molecule has 2 aliphatic rings. The summed E-state index contributed by atoms with van der Waals surface area (Å²) < 4.78 is 1.75. The van der Waals surface area contributed by atoms with Crippen LogP contribution >= 0.6 is 0 Å². The first-order valence-corrected chi connectivity index (χ1v) is 10.2. The van der Waals surface area contributed by atoms with Crippen LogP contribution in [0.2, 0.25) is 0 Å². The lowest BCUT2D eigenvalue weighted by atomic mass is 9.97. The average Bonchev–Trinajstić information content (AvgIpc) is 3.10. The van der Waals surface area contributed by atoms with E-state index in [-0.39, 0.29) is 5.69 Å². The van der Waals surface area contributed by atoms with E-state index in [1.54, 1.807) is 4.57 Å². The van der Waals surface area contributed by atoms with Crippen molar-refractivity contribution in [3.63, 3.8) is 0 Å². The molecule has 2 fully saturated rings. The van der Waals surface area contributed by atoms with Crippen LogP contribution in [0.3, 0.4) is 0 Å². The van der Waals surface area contributed by atoms with Gasteiger partial charge in [0, 0.05) is 56.6 Å². The van der Waals surface area contributed by atoms with Crippen molar-refractivity contribution in [2.75, 3.05) is 31.1 Å². The van der Waals surface area contributed by atoms with Gasteiger partial charge in [0.05, 0.1) is 0 Å². The van der Waals surface area contributed by atoms with Crippen LogP contribution in [0, 0.1) is 0 Å². The van der Waals surface area contributed by atoms with E-state index in [2.05, 4.69) is 30.0 Å². The van der Waals surface area contributed by atoms with E-state index >= 15 is 0 Å². The van der Waals surface area contributed by atoms with E-state index in [1.807, 2.05) is 19.3 Å². The Kier molecular flexibility index (Phi) is 5.52. The lowest BCUT2D eigenvalue weighted by molar-refractivity contribution is 0.194. The van der Waals surface area contributed by atoms with Crippen molar-refractivity contribution in [3.05, 3.63) is 34.3 Å². The van der Waals surface area contributed by atoms with E-state index < -0.39 is 0 Å². The van der Waals surface area contributed by atoms with Crippen LogP contribution in [0.4, 0.5) is 5.95 Å². The maximum Gasteiger partial charge on any atom is 0.343 e.